The average Bonchev–Trinajstić information content (AvgIpc) is 2.29. The topological polar surface area (TPSA) is 41.7 Å². The van der Waals surface area contributed by atoms with Crippen LogP contribution in [0, 0.1) is 6.57 Å². The van der Waals surface area contributed by atoms with Gasteiger partial charge in [-0.3, -0.25) is 4.79 Å². The van der Waals surface area contributed by atoms with Crippen molar-refractivity contribution in [3.8, 4) is 0 Å². The number of nitrogens with zero attached hydrogens (tertiary/aromatic N) is 1. The van der Waals surface area contributed by atoms with Crippen molar-refractivity contribution in [2.24, 2.45) is 0 Å². The van der Waals surface area contributed by atoms with Gasteiger partial charge >= 0.3 is 5.97 Å². The van der Waals surface area contributed by atoms with Crippen LogP contribution in [0.25, 0.3) is 4.85 Å². The van der Waals surface area contributed by atoms with E-state index in [1.54, 1.807) is 24.3 Å². The molecule has 0 radical (unpaired) electrons. The zero-order chi connectivity index (χ0) is 12.0. The fourth-order valence-electron chi connectivity index (χ4n) is 1.31. The molecule has 0 aliphatic rings. The SMILES string of the molecule is [C-]#[N+]C(C(=O)O)=C(Bc1ccccc1)CF. The quantitative estimate of drug-likeness (QED) is 0.463. The standard InChI is InChI=1S/C11H9BFNO2/c1-14-10(11(15)16)9(7-13)12-8-5-3-2-4-6-8/h2-6,12H,7H2,(H,15,16). The average molecular weight is 217 g/mol. The molecule has 0 saturated carbocycles. The predicted octanol–water partition coefficient (Wildman–Crippen LogP) is 0.933. The number of allylic oxidation sites excluding steroid dienone is 1. The van der Waals surface area contributed by atoms with Crippen molar-refractivity contribution < 1.29 is 14.3 Å². The van der Waals surface area contributed by atoms with Gasteiger partial charge in [0.2, 0.25) is 0 Å². The molecule has 16 heavy (non-hydrogen) atoms. The van der Waals surface area contributed by atoms with Crippen LogP contribution in [0.4, 0.5) is 4.39 Å². The maximum absolute atomic E-state index is 12.7. The van der Waals surface area contributed by atoms with Gasteiger partial charge in [-0.25, -0.2) is 9.24 Å². The van der Waals surface area contributed by atoms with Crippen molar-refractivity contribution in [1.82, 2.24) is 0 Å². The maximum Gasteiger partial charge on any atom is 0.333 e. The molecule has 0 aliphatic heterocycles. The molecule has 0 saturated heterocycles. The molecule has 1 aromatic carbocycles. The van der Waals surface area contributed by atoms with Gasteiger partial charge in [-0.05, 0) is 0 Å². The summed E-state index contributed by atoms with van der Waals surface area (Å²) in [4.78, 5) is 13.5. The van der Waals surface area contributed by atoms with Crippen LogP contribution in [0.5, 0.6) is 0 Å². The Morgan fingerprint density at radius 3 is 2.50 bits per heavy atom. The first-order valence-corrected chi connectivity index (χ1v) is 4.61. The third kappa shape index (κ3) is 2.96. The molecular formula is C11H9BFNO2. The number of alkyl halides is 1. The minimum atomic E-state index is -1.38. The van der Waals surface area contributed by atoms with Gasteiger partial charge in [0.1, 0.15) is 0 Å². The molecule has 1 N–H and O–H groups in total. The van der Waals surface area contributed by atoms with Crippen molar-refractivity contribution in [3.05, 3.63) is 52.9 Å². The first-order valence-electron chi connectivity index (χ1n) is 4.61. The molecule has 0 bridgehead atoms. The largest absolute Gasteiger partial charge is 0.486 e. The van der Waals surface area contributed by atoms with Crippen LogP contribution in [0.1, 0.15) is 0 Å². The predicted molar refractivity (Wildman–Crippen MR) is 60.5 cm³/mol. The Hall–Kier alpha value is -2.09. The van der Waals surface area contributed by atoms with Gasteiger partial charge in [0.05, 0.1) is 13.2 Å². The summed E-state index contributed by atoms with van der Waals surface area (Å²) in [6.45, 7) is 5.79. The van der Waals surface area contributed by atoms with Gasteiger partial charge in [0.15, 0.2) is 7.28 Å². The lowest BCUT2D eigenvalue weighted by Gasteiger charge is -2.03. The van der Waals surface area contributed by atoms with E-state index in [-0.39, 0.29) is 12.8 Å². The second-order valence-corrected chi connectivity index (χ2v) is 3.17. The molecular weight excluding hydrogens is 208 g/mol. The van der Waals surface area contributed by atoms with E-state index in [1.807, 2.05) is 6.07 Å². The molecule has 0 heterocycles. The fourth-order valence-corrected chi connectivity index (χ4v) is 1.31. The highest BCUT2D eigenvalue weighted by molar-refractivity contribution is 6.61. The number of carboxylic acids is 1. The van der Waals surface area contributed by atoms with Crippen LogP contribution in [-0.4, -0.2) is 25.0 Å². The zero-order valence-electron chi connectivity index (χ0n) is 8.48. The summed E-state index contributed by atoms with van der Waals surface area (Å²) in [6, 6.07) is 8.90. The van der Waals surface area contributed by atoms with E-state index in [4.69, 9.17) is 11.7 Å². The van der Waals surface area contributed by atoms with Crippen molar-refractivity contribution in [3.63, 3.8) is 0 Å². The second-order valence-electron chi connectivity index (χ2n) is 3.17. The number of aliphatic carboxylic acids is 1. The van der Waals surface area contributed by atoms with Crippen LogP contribution in [0.3, 0.4) is 0 Å². The van der Waals surface area contributed by atoms with E-state index in [9.17, 15) is 9.18 Å². The molecule has 5 heteroatoms. The molecule has 0 atom stereocenters. The Morgan fingerprint density at radius 2 is 2.06 bits per heavy atom. The van der Waals surface area contributed by atoms with Crippen molar-refractivity contribution in [2.45, 2.75) is 0 Å². The minimum Gasteiger partial charge on any atom is -0.486 e. The lowest BCUT2D eigenvalue weighted by molar-refractivity contribution is -0.132. The van der Waals surface area contributed by atoms with Crippen molar-refractivity contribution in [1.29, 1.82) is 0 Å². The summed E-state index contributed by atoms with van der Waals surface area (Å²) < 4.78 is 12.7. The highest BCUT2D eigenvalue weighted by Crippen LogP contribution is 2.06. The summed E-state index contributed by atoms with van der Waals surface area (Å²) >= 11 is 0. The van der Waals surface area contributed by atoms with Crippen LogP contribution < -0.4 is 5.46 Å². The van der Waals surface area contributed by atoms with Gasteiger partial charge in [0.25, 0.3) is 5.70 Å². The molecule has 0 unspecified atom stereocenters. The third-order valence-electron chi connectivity index (χ3n) is 2.07. The Labute approximate surface area is 93.3 Å². The highest BCUT2D eigenvalue weighted by Gasteiger charge is 2.15. The van der Waals surface area contributed by atoms with Crippen LogP contribution in [0.15, 0.2) is 41.5 Å². The zero-order valence-corrected chi connectivity index (χ0v) is 8.48. The van der Waals surface area contributed by atoms with E-state index in [2.05, 4.69) is 4.85 Å². The minimum absolute atomic E-state index is 0.00806. The van der Waals surface area contributed by atoms with Gasteiger partial charge in [0, 0.05) is 0 Å². The molecule has 0 fully saturated rings. The number of benzene rings is 1. The van der Waals surface area contributed by atoms with Crippen molar-refractivity contribution in [2.75, 3.05) is 6.67 Å². The smallest absolute Gasteiger partial charge is 0.333 e. The van der Waals surface area contributed by atoms with Gasteiger partial charge in [-0.1, -0.05) is 41.3 Å². The molecule has 0 spiro atoms. The maximum atomic E-state index is 12.7. The highest BCUT2D eigenvalue weighted by atomic mass is 19.1. The number of hydrogen-bond acceptors (Lipinski definition) is 1. The van der Waals surface area contributed by atoms with E-state index < -0.39 is 18.3 Å². The monoisotopic (exact) mass is 217 g/mol. The molecule has 1 rings (SSSR count). The first-order chi connectivity index (χ1) is 7.69. The van der Waals surface area contributed by atoms with E-state index in [1.165, 1.54) is 0 Å². The van der Waals surface area contributed by atoms with Crippen molar-refractivity contribution >= 4 is 18.7 Å². The number of rotatable bonds is 4. The molecule has 0 aliphatic carbocycles. The molecule has 1 aromatic rings. The number of carboxylic acid groups (broad SMARTS) is 1. The van der Waals surface area contributed by atoms with E-state index in [0.717, 1.165) is 5.46 Å². The second kappa shape index (κ2) is 5.71. The Balaban J connectivity index is 3.01. The fraction of sp³-hybridized carbons (Fsp3) is 0.0909. The Bertz CT molecular complexity index is 451. The van der Waals surface area contributed by atoms with Gasteiger partial charge in [-0.15, -0.1) is 0 Å². The first kappa shape index (κ1) is 12.0. The molecule has 0 aromatic heterocycles. The van der Waals surface area contributed by atoms with Crippen LogP contribution >= 0.6 is 0 Å². The van der Waals surface area contributed by atoms with E-state index in [0.29, 0.717) is 0 Å². The Kier molecular flexibility index (Phi) is 4.28. The van der Waals surface area contributed by atoms with Gasteiger partial charge < -0.3 is 5.11 Å². The molecule has 0 amide bonds. The number of carbonyl (C=O) groups is 1. The summed E-state index contributed by atoms with van der Waals surface area (Å²) in [7, 11) is 0.154. The van der Waals surface area contributed by atoms with Gasteiger partial charge in [-0.2, -0.15) is 0 Å². The lowest BCUT2D eigenvalue weighted by Crippen LogP contribution is -2.20. The summed E-state index contributed by atoms with van der Waals surface area (Å²) in [6.07, 6.45) is 0. The molecule has 3 nitrogen and oxygen atoms in total. The van der Waals surface area contributed by atoms with Crippen LogP contribution in [0.2, 0.25) is 0 Å². The lowest BCUT2D eigenvalue weighted by atomic mass is 9.63. The number of halogens is 1. The summed E-state index contributed by atoms with van der Waals surface area (Å²) in [5, 5.41) is 8.71. The molecule has 80 valence electrons. The Morgan fingerprint density at radius 1 is 1.44 bits per heavy atom. The third-order valence-corrected chi connectivity index (χ3v) is 2.07. The van der Waals surface area contributed by atoms with E-state index >= 15 is 0 Å². The summed E-state index contributed by atoms with van der Waals surface area (Å²) in [5.41, 5.74) is 0.276. The van der Waals surface area contributed by atoms with Crippen LogP contribution in [-0.2, 0) is 4.79 Å². The summed E-state index contributed by atoms with van der Waals surface area (Å²) in [5.74, 6) is -1.38. The normalized spacial score (nSPS) is 11.2. The number of hydrogen-bond donors (Lipinski definition) is 1.